The minimum Gasteiger partial charge on any atom is -0.481 e. The van der Waals surface area contributed by atoms with E-state index in [9.17, 15) is 9.59 Å². The van der Waals surface area contributed by atoms with Crippen LogP contribution in [0, 0.1) is 11.8 Å². The van der Waals surface area contributed by atoms with Gasteiger partial charge in [0, 0.05) is 12.6 Å². The molecule has 1 heterocycles. The van der Waals surface area contributed by atoms with Gasteiger partial charge in [-0.15, -0.1) is 0 Å². The lowest BCUT2D eigenvalue weighted by Crippen LogP contribution is -2.43. The van der Waals surface area contributed by atoms with Crippen LogP contribution in [0.3, 0.4) is 0 Å². The van der Waals surface area contributed by atoms with E-state index in [1.807, 2.05) is 24.0 Å². The highest BCUT2D eigenvalue weighted by Crippen LogP contribution is 2.30. The van der Waals surface area contributed by atoms with E-state index in [0.717, 1.165) is 19.4 Å². The minimum absolute atomic E-state index is 0.0340. The van der Waals surface area contributed by atoms with Crippen molar-refractivity contribution < 1.29 is 14.7 Å². The predicted octanol–water partition coefficient (Wildman–Crippen LogP) is 1.66. The summed E-state index contributed by atoms with van der Waals surface area (Å²) in [6, 6.07) is 0.267. The molecule has 1 aliphatic carbocycles. The van der Waals surface area contributed by atoms with E-state index >= 15 is 0 Å². The molecule has 0 aromatic carbocycles. The first-order valence-electron chi connectivity index (χ1n) is 6.29. The van der Waals surface area contributed by atoms with E-state index in [0.29, 0.717) is 12.8 Å². The molecule has 3 atom stereocenters. The largest absolute Gasteiger partial charge is 0.481 e. The van der Waals surface area contributed by atoms with Crippen LogP contribution in [-0.2, 0) is 9.59 Å². The Bertz CT molecular complexity index is 351. The Hall–Kier alpha value is -1.32. The van der Waals surface area contributed by atoms with Gasteiger partial charge in [-0.25, -0.2) is 0 Å². The van der Waals surface area contributed by atoms with Crippen molar-refractivity contribution in [1.82, 2.24) is 4.90 Å². The van der Waals surface area contributed by atoms with Crippen LogP contribution in [0.4, 0.5) is 0 Å². The Morgan fingerprint density at radius 2 is 1.88 bits per heavy atom. The van der Waals surface area contributed by atoms with Gasteiger partial charge in [-0.1, -0.05) is 12.2 Å². The molecule has 3 unspecified atom stereocenters. The van der Waals surface area contributed by atoms with Crippen LogP contribution in [0.25, 0.3) is 0 Å². The summed E-state index contributed by atoms with van der Waals surface area (Å²) in [5.41, 5.74) is 0. The number of hydrogen-bond donors (Lipinski definition) is 1. The molecule has 4 heteroatoms. The first-order chi connectivity index (χ1) is 8.11. The number of allylic oxidation sites excluding steroid dienone is 2. The van der Waals surface area contributed by atoms with Crippen LogP contribution in [0.1, 0.15) is 32.6 Å². The first kappa shape index (κ1) is 12.1. The molecule has 0 aromatic heterocycles. The fourth-order valence-electron chi connectivity index (χ4n) is 2.83. The molecule has 2 rings (SSSR count). The summed E-state index contributed by atoms with van der Waals surface area (Å²) < 4.78 is 0. The second-order valence-electron chi connectivity index (χ2n) is 5.02. The predicted molar refractivity (Wildman–Crippen MR) is 63.4 cm³/mol. The lowest BCUT2D eigenvalue weighted by Gasteiger charge is -2.30. The third-order valence-corrected chi connectivity index (χ3v) is 3.90. The number of carbonyl (C=O) groups excluding carboxylic acids is 1. The van der Waals surface area contributed by atoms with Crippen molar-refractivity contribution in [2.75, 3.05) is 6.54 Å². The van der Waals surface area contributed by atoms with Gasteiger partial charge in [-0.3, -0.25) is 9.59 Å². The van der Waals surface area contributed by atoms with Crippen molar-refractivity contribution in [3.05, 3.63) is 12.2 Å². The summed E-state index contributed by atoms with van der Waals surface area (Å²) in [6.45, 7) is 2.83. The van der Waals surface area contributed by atoms with E-state index in [1.54, 1.807) is 0 Å². The highest BCUT2D eigenvalue weighted by Gasteiger charge is 2.38. The number of carbonyl (C=O) groups is 2. The molecule has 0 spiro atoms. The van der Waals surface area contributed by atoms with Crippen LogP contribution in [0.2, 0.25) is 0 Å². The third kappa shape index (κ3) is 2.35. The van der Waals surface area contributed by atoms with Crippen molar-refractivity contribution in [2.45, 2.75) is 38.6 Å². The topological polar surface area (TPSA) is 57.6 Å². The number of carboxylic acid groups (broad SMARTS) is 1. The van der Waals surface area contributed by atoms with Gasteiger partial charge in [-0.05, 0) is 32.6 Å². The number of likely N-dealkylation sites (tertiary alicyclic amines) is 1. The van der Waals surface area contributed by atoms with E-state index < -0.39 is 11.9 Å². The van der Waals surface area contributed by atoms with Gasteiger partial charge in [0.1, 0.15) is 0 Å². The summed E-state index contributed by atoms with van der Waals surface area (Å²) in [4.78, 5) is 25.4. The van der Waals surface area contributed by atoms with Gasteiger partial charge in [-0.2, -0.15) is 0 Å². The highest BCUT2D eigenvalue weighted by molar-refractivity contribution is 5.85. The molecular weight excluding hydrogens is 218 g/mol. The van der Waals surface area contributed by atoms with Crippen molar-refractivity contribution in [2.24, 2.45) is 11.8 Å². The summed E-state index contributed by atoms with van der Waals surface area (Å²) in [5, 5.41) is 9.16. The summed E-state index contributed by atoms with van der Waals surface area (Å²) in [7, 11) is 0. The van der Waals surface area contributed by atoms with E-state index in [2.05, 4.69) is 0 Å². The quantitative estimate of drug-likeness (QED) is 0.743. The van der Waals surface area contributed by atoms with E-state index in [4.69, 9.17) is 5.11 Å². The first-order valence-corrected chi connectivity index (χ1v) is 6.29. The zero-order chi connectivity index (χ0) is 12.4. The normalized spacial score (nSPS) is 32.8. The van der Waals surface area contributed by atoms with Gasteiger partial charge in [0.2, 0.25) is 5.91 Å². The molecule has 4 nitrogen and oxygen atoms in total. The second-order valence-corrected chi connectivity index (χ2v) is 5.02. The average Bonchev–Trinajstić information content (AvgIpc) is 2.74. The molecule has 1 amide bonds. The summed E-state index contributed by atoms with van der Waals surface area (Å²) >= 11 is 0. The molecule has 94 valence electrons. The smallest absolute Gasteiger partial charge is 0.307 e. The molecule has 2 aliphatic rings. The third-order valence-electron chi connectivity index (χ3n) is 3.90. The zero-order valence-corrected chi connectivity index (χ0v) is 10.1. The van der Waals surface area contributed by atoms with Crippen LogP contribution >= 0.6 is 0 Å². The number of rotatable bonds is 2. The molecule has 1 fully saturated rings. The number of nitrogens with zero attached hydrogens (tertiary/aromatic N) is 1. The van der Waals surface area contributed by atoms with Crippen molar-refractivity contribution in [3.8, 4) is 0 Å². The standard InChI is InChI=1S/C13H19NO3/c1-9-5-4-8-14(9)12(15)10-6-2-3-7-11(10)13(16)17/h2-3,9-11H,4-8H2,1H3,(H,16,17). The Morgan fingerprint density at radius 3 is 2.41 bits per heavy atom. The molecule has 0 aromatic rings. The maximum atomic E-state index is 12.4. The SMILES string of the molecule is CC1CCCN1C(=O)C1CC=CCC1C(=O)O. The number of aliphatic carboxylic acids is 1. The van der Waals surface area contributed by atoms with Crippen molar-refractivity contribution in [3.63, 3.8) is 0 Å². The maximum Gasteiger partial charge on any atom is 0.307 e. The number of amides is 1. The maximum absolute atomic E-state index is 12.4. The lowest BCUT2D eigenvalue weighted by molar-refractivity contribution is -0.150. The van der Waals surface area contributed by atoms with E-state index in [-0.39, 0.29) is 17.9 Å². The van der Waals surface area contributed by atoms with Gasteiger partial charge in [0.15, 0.2) is 0 Å². The fourth-order valence-corrected chi connectivity index (χ4v) is 2.83. The molecule has 17 heavy (non-hydrogen) atoms. The Morgan fingerprint density at radius 1 is 1.24 bits per heavy atom. The van der Waals surface area contributed by atoms with Crippen molar-refractivity contribution >= 4 is 11.9 Å². The average molecular weight is 237 g/mol. The molecule has 0 bridgehead atoms. The number of carboxylic acids is 1. The summed E-state index contributed by atoms with van der Waals surface area (Å²) in [6.07, 6.45) is 6.92. The van der Waals surface area contributed by atoms with Gasteiger partial charge < -0.3 is 10.0 Å². The zero-order valence-electron chi connectivity index (χ0n) is 10.1. The Kier molecular flexibility index (Phi) is 3.50. The fraction of sp³-hybridized carbons (Fsp3) is 0.692. The Labute approximate surface area is 101 Å². The van der Waals surface area contributed by atoms with E-state index in [1.165, 1.54) is 0 Å². The van der Waals surface area contributed by atoms with Crippen LogP contribution < -0.4 is 0 Å². The lowest BCUT2D eigenvalue weighted by atomic mass is 9.82. The summed E-state index contributed by atoms with van der Waals surface area (Å²) in [5.74, 6) is -1.72. The second kappa shape index (κ2) is 4.90. The minimum atomic E-state index is -0.848. The van der Waals surface area contributed by atoms with Gasteiger partial charge in [0.05, 0.1) is 11.8 Å². The monoisotopic (exact) mass is 237 g/mol. The molecule has 1 saturated heterocycles. The van der Waals surface area contributed by atoms with Crippen LogP contribution in [0.15, 0.2) is 12.2 Å². The molecular formula is C13H19NO3. The molecule has 1 aliphatic heterocycles. The molecule has 0 radical (unpaired) electrons. The molecule has 0 saturated carbocycles. The van der Waals surface area contributed by atoms with Gasteiger partial charge in [0.25, 0.3) is 0 Å². The van der Waals surface area contributed by atoms with Crippen LogP contribution in [0.5, 0.6) is 0 Å². The van der Waals surface area contributed by atoms with Crippen LogP contribution in [-0.4, -0.2) is 34.5 Å². The van der Waals surface area contributed by atoms with Gasteiger partial charge >= 0.3 is 5.97 Å². The Balaban J connectivity index is 2.11. The molecule has 1 N–H and O–H groups in total. The van der Waals surface area contributed by atoms with Crippen molar-refractivity contribution in [1.29, 1.82) is 0 Å². The highest BCUT2D eigenvalue weighted by atomic mass is 16.4. The number of hydrogen-bond acceptors (Lipinski definition) is 2.